The number of benzene rings is 1. The lowest BCUT2D eigenvalue weighted by molar-refractivity contribution is 0.197. The van der Waals surface area contributed by atoms with Gasteiger partial charge in [0.25, 0.3) is 0 Å². The van der Waals surface area contributed by atoms with Crippen LogP contribution in [0.2, 0.25) is 0 Å². The molecule has 1 aromatic carbocycles. The van der Waals surface area contributed by atoms with Gasteiger partial charge < -0.3 is 5.32 Å². The topological polar surface area (TPSA) is 15.3 Å². The van der Waals surface area contributed by atoms with Crippen molar-refractivity contribution in [2.24, 2.45) is 0 Å². The predicted octanol–water partition coefficient (Wildman–Crippen LogP) is 4.46. The second kappa shape index (κ2) is 9.22. The Bertz CT molecular complexity index is 412. The van der Waals surface area contributed by atoms with Crippen molar-refractivity contribution in [3.63, 3.8) is 0 Å². The molecule has 1 rings (SSSR count). The number of aryl methyl sites for hydroxylation is 2. The lowest BCUT2D eigenvalue weighted by atomic mass is 9.98. The van der Waals surface area contributed by atoms with Gasteiger partial charge in [-0.15, -0.1) is 0 Å². The monoisotopic (exact) mass is 290 g/mol. The van der Waals surface area contributed by atoms with Crippen molar-refractivity contribution in [3.05, 3.63) is 34.9 Å². The number of hydrogen-bond acceptors (Lipinski definition) is 2. The van der Waals surface area contributed by atoms with Gasteiger partial charge in [0.1, 0.15) is 0 Å². The van der Waals surface area contributed by atoms with Crippen molar-refractivity contribution in [2.75, 3.05) is 19.6 Å². The fourth-order valence-corrected chi connectivity index (χ4v) is 2.81. The summed E-state index contributed by atoms with van der Waals surface area (Å²) in [5.74, 6) is 0. The molecule has 120 valence electrons. The van der Waals surface area contributed by atoms with Gasteiger partial charge in [-0.2, -0.15) is 0 Å². The van der Waals surface area contributed by atoms with Crippen LogP contribution in [0.1, 0.15) is 63.3 Å². The summed E-state index contributed by atoms with van der Waals surface area (Å²) in [5, 5.41) is 3.76. The first-order valence-corrected chi connectivity index (χ1v) is 8.54. The van der Waals surface area contributed by atoms with Crippen LogP contribution in [-0.4, -0.2) is 30.6 Å². The van der Waals surface area contributed by atoms with Crippen molar-refractivity contribution in [1.82, 2.24) is 10.2 Å². The number of rotatable bonds is 9. The minimum Gasteiger partial charge on any atom is -0.309 e. The largest absolute Gasteiger partial charge is 0.309 e. The minimum absolute atomic E-state index is 0.429. The normalized spacial score (nSPS) is 13.1. The van der Waals surface area contributed by atoms with Crippen LogP contribution in [0, 0.1) is 13.8 Å². The fraction of sp³-hybridized carbons (Fsp3) is 0.684. The average molecular weight is 290 g/mol. The van der Waals surface area contributed by atoms with Gasteiger partial charge in [-0.25, -0.2) is 0 Å². The Hall–Kier alpha value is -0.860. The number of nitrogens with one attached hydrogen (secondary N) is 1. The molecule has 0 saturated carbocycles. The summed E-state index contributed by atoms with van der Waals surface area (Å²) in [7, 11) is 0. The summed E-state index contributed by atoms with van der Waals surface area (Å²) < 4.78 is 0. The van der Waals surface area contributed by atoms with E-state index in [0.29, 0.717) is 12.1 Å². The van der Waals surface area contributed by atoms with Gasteiger partial charge in [-0.3, -0.25) is 4.90 Å². The highest BCUT2D eigenvalue weighted by Gasteiger charge is 2.18. The van der Waals surface area contributed by atoms with Crippen LogP contribution in [0.5, 0.6) is 0 Å². The van der Waals surface area contributed by atoms with Gasteiger partial charge in [0.05, 0.1) is 0 Å². The maximum Gasteiger partial charge on any atom is 0.0452 e. The van der Waals surface area contributed by atoms with E-state index in [1.54, 1.807) is 0 Å². The molecule has 1 atom stereocenters. The van der Waals surface area contributed by atoms with E-state index in [9.17, 15) is 0 Å². The molecule has 0 aromatic heterocycles. The maximum atomic E-state index is 3.76. The Morgan fingerprint density at radius 3 is 2.38 bits per heavy atom. The molecule has 21 heavy (non-hydrogen) atoms. The van der Waals surface area contributed by atoms with Gasteiger partial charge in [-0.05, 0) is 64.8 Å². The molecular formula is C19H34N2. The summed E-state index contributed by atoms with van der Waals surface area (Å²) in [4.78, 5) is 2.59. The molecule has 0 aliphatic heterocycles. The van der Waals surface area contributed by atoms with E-state index < -0.39 is 0 Å². The predicted molar refractivity (Wildman–Crippen MR) is 94.0 cm³/mol. The van der Waals surface area contributed by atoms with Crippen LogP contribution in [0.15, 0.2) is 18.2 Å². The SMILES string of the molecule is CCCNC(CN(CCC)C(C)C)c1cc(C)ccc1C. The van der Waals surface area contributed by atoms with E-state index in [0.717, 1.165) is 13.1 Å². The lowest BCUT2D eigenvalue weighted by Crippen LogP contribution is -2.40. The van der Waals surface area contributed by atoms with E-state index in [4.69, 9.17) is 0 Å². The Kier molecular flexibility index (Phi) is 7.98. The summed E-state index contributed by atoms with van der Waals surface area (Å²) >= 11 is 0. The van der Waals surface area contributed by atoms with Gasteiger partial charge in [0, 0.05) is 18.6 Å². The maximum absolute atomic E-state index is 3.76. The molecule has 0 amide bonds. The second-order valence-corrected chi connectivity index (χ2v) is 6.46. The van der Waals surface area contributed by atoms with Crippen LogP contribution in [0.4, 0.5) is 0 Å². The molecule has 1 N–H and O–H groups in total. The summed E-state index contributed by atoms with van der Waals surface area (Å²) in [6.07, 6.45) is 2.39. The van der Waals surface area contributed by atoms with Crippen molar-refractivity contribution in [2.45, 2.75) is 66.5 Å². The zero-order valence-electron chi connectivity index (χ0n) is 14.9. The Balaban J connectivity index is 2.95. The Morgan fingerprint density at radius 2 is 1.81 bits per heavy atom. The van der Waals surface area contributed by atoms with Crippen LogP contribution in [0.25, 0.3) is 0 Å². The van der Waals surface area contributed by atoms with Crippen molar-refractivity contribution >= 4 is 0 Å². The zero-order chi connectivity index (χ0) is 15.8. The first kappa shape index (κ1) is 18.2. The summed E-state index contributed by atoms with van der Waals surface area (Å²) in [6, 6.07) is 7.85. The fourth-order valence-electron chi connectivity index (χ4n) is 2.81. The third kappa shape index (κ3) is 5.80. The van der Waals surface area contributed by atoms with Crippen molar-refractivity contribution < 1.29 is 0 Å². The van der Waals surface area contributed by atoms with E-state index >= 15 is 0 Å². The molecule has 0 aliphatic rings. The van der Waals surface area contributed by atoms with Crippen LogP contribution in [-0.2, 0) is 0 Å². The lowest BCUT2D eigenvalue weighted by Gasteiger charge is -2.32. The molecule has 0 fully saturated rings. The zero-order valence-corrected chi connectivity index (χ0v) is 14.9. The minimum atomic E-state index is 0.429. The van der Waals surface area contributed by atoms with Crippen LogP contribution >= 0.6 is 0 Å². The molecule has 0 bridgehead atoms. The molecule has 0 aliphatic carbocycles. The quantitative estimate of drug-likeness (QED) is 0.722. The van der Waals surface area contributed by atoms with E-state index in [2.05, 4.69) is 70.0 Å². The summed E-state index contributed by atoms with van der Waals surface area (Å²) in [5.41, 5.74) is 4.21. The first-order valence-electron chi connectivity index (χ1n) is 8.54. The highest BCUT2D eigenvalue weighted by Crippen LogP contribution is 2.21. The molecule has 1 aromatic rings. The second-order valence-electron chi connectivity index (χ2n) is 6.46. The van der Waals surface area contributed by atoms with Gasteiger partial charge in [-0.1, -0.05) is 37.6 Å². The third-order valence-electron chi connectivity index (χ3n) is 4.11. The van der Waals surface area contributed by atoms with E-state index in [1.807, 2.05) is 0 Å². The Morgan fingerprint density at radius 1 is 1.10 bits per heavy atom. The Labute approximate surface area is 131 Å². The molecular weight excluding hydrogens is 256 g/mol. The number of nitrogens with zero attached hydrogens (tertiary/aromatic N) is 1. The molecule has 2 heteroatoms. The molecule has 0 spiro atoms. The average Bonchev–Trinajstić information content (AvgIpc) is 2.45. The van der Waals surface area contributed by atoms with Crippen molar-refractivity contribution in [1.29, 1.82) is 0 Å². The molecule has 0 radical (unpaired) electrons. The van der Waals surface area contributed by atoms with E-state index in [-0.39, 0.29) is 0 Å². The highest BCUT2D eigenvalue weighted by molar-refractivity contribution is 5.33. The van der Waals surface area contributed by atoms with E-state index in [1.165, 1.54) is 36.1 Å². The van der Waals surface area contributed by atoms with Crippen LogP contribution < -0.4 is 5.32 Å². The summed E-state index contributed by atoms with van der Waals surface area (Å²) in [6.45, 7) is 16.9. The molecule has 1 unspecified atom stereocenters. The highest BCUT2D eigenvalue weighted by atomic mass is 15.2. The standard InChI is InChI=1S/C19H34N2/c1-7-11-20-19(14-21(12-8-2)15(3)4)18-13-16(5)9-10-17(18)6/h9-10,13,15,19-20H,7-8,11-12,14H2,1-6H3. The smallest absolute Gasteiger partial charge is 0.0452 e. The number of hydrogen-bond donors (Lipinski definition) is 1. The van der Waals surface area contributed by atoms with Gasteiger partial charge in [0.15, 0.2) is 0 Å². The van der Waals surface area contributed by atoms with Gasteiger partial charge in [0.2, 0.25) is 0 Å². The first-order chi connectivity index (χ1) is 9.99. The third-order valence-corrected chi connectivity index (χ3v) is 4.11. The van der Waals surface area contributed by atoms with Crippen molar-refractivity contribution in [3.8, 4) is 0 Å². The van der Waals surface area contributed by atoms with Crippen LogP contribution in [0.3, 0.4) is 0 Å². The molecule has 0 heterocycles. The molecule has 0 saturated heterocycles. The molecule has 2 nitrogen and oxygen atoms in total. The van der Waals surface area contributed by atoms with Gasteiger partial charge >= 0.3 is 0 Å².